The second kappa shape index (κ2) is 8.60. The van der Waals surface area contributed by atoms with Crippen LogP contribution in [-0.2, 0) is 14.0 Å². The van der Waals surface area contributed by atoms with Gasteiger partial charge in [0.15, 0.2) is 8.32 Å². The van der Waals surface area contributed by atoms with Gasteiger partial charge in [0.05, 0.1) is 12.2 Å². The largest absolute Gasteiger partial charge is 0.411 e. The highest BCUT2D eigenvalue weighted by atomic mass is 28.4. The minimum absolute atomic E-state index is 0.103. The van der Waals surface area contributed by atoms with Crippen molar-refractivity contribution in [3.05, 3.63) is 0 Å². The van der Waals surface area contributed by atoms with Crippen molar-refractivity contribution in [3.63, 3.8) is 0 Å². The van der Waals surface area contributed by atoms with Crippen molar-refractivity contribution >= 4 is 14.6 Å². The molecule has 1 aliphatic rings. The summed E-state index contributed by atoms with van der Waals surface area (Å²) in [4.78, 5) is 11.0. The van der Waals surface area contributed by atoms with E-state index in [0.29, 0.717) is 0 Å². The van der Waals surface area contributed by atoms with Crippen LogP contribution in [0.3, 0.4) is 0 Å². The van der Waals surface area contributed by atoms with Crippen LogP contribution in [0.1, 0.15) is 72.6 Å². The topological polar surface area (TPSA) is 35.5 Å². The molecule has 0 unspecified atom stereocenters. The van der Waals surface area contributed by atoms with E-state index < -0.39 is 8.32 Å². The molecule has 0 aliphatic carbocycles. The van der Waals surface area contributed by atoms with Crippen LogP contribution in [0, 0.1) is 0 Å². The summed E-state index contributed by atoms with van der Waals surface area (Å²) in [6.45, 7) is 13.7. The molecule has 3 nitrogen and oxygen atoms in total. The third kappa shape index (κ3) is 5.78. The van der Waals surface area contributed by atoms with E-state index in [1.54, 1.807) is 0 Å². The summed E-state index contributed by atoms with van der Waals surface area (Å²) in [6, 6.07) is 0. The average Bonchev–Trinajstić information content (AvgIpc) is 2.89. The molecule has 22 heavy (non-hydrogen) atoms. The Bertz CT molecular complexity index is 336. The second-order valence-electron chi connectivity index (χ2n) is 8.19. The predicted octanol–water partition coefficient (Wildman–Crippen LogP) is 5.09. The lowest BCUT2D eigenvalue weighted by molar-refractivity contribution is -0.119. The van der Waals surface area contributed by atoms with Gasteiger partial charge in [-0.1, -0.05) is 53.4 Å². The molecule has 0 aromatic rings. The Morgan fingerprint density at radius 3 is 2.41 bits per heavy atom. The van der Waals surface area contributed by atoms with Crippen molar-refractivity contribution in [2.45, 2.75) is 109 Å². The molecule has 1 heterocycles. The maximum absolute atomic E-state index is 11.0. The fraction of sp³-hybridized carbons (Fsp3) is 0.944. The highest BCUT2D eigenvalue weighted by Crippen LogP contribution is 2.39. The molecule has 1 rings (SSSR count). The number of carbonyl (C=O) groups excluding carboxylic acids is 1. The first kappa shape index (κ1) is 19.9. The number of ether oxygens (including phenoxy) is 1. The van der Waals surface area contributed by atoms with E-state index in [0.717, 1.165) is 25.5 Å². The van der Waals surface area contributed by atoms with Gasteiger partial charge in [-0.25, -0.2) is 0 Å². The van der Waals surface area contributed by atoms with Crippen LogP contribution in [0.2, 0.25) is 18.1 Å². The molecule has 0 aromatic carbocycles. The van der Waals surface area contributed by atoms with Crippen LogP contribution >= 0.6 is 0 Å². The molecular weight excluding hydrogens is 292 g/mol. The zero-order chi connectivity index (χ0) is 16.8. The quantitative estimate of drug-likeness (QED) is 0.336. The van der Waals surface area contributed by atoms with Gasteiger partial charge in [0.25, 0.3) is 0 Å². The summed E-state index contributed by atoms with van der Waals surface area (Å²) < 4.78 is 12.6. The number of hydrogen-bond acceptors (Lipinski definition) is 3. The third-order valence-corrected chi connectivity index (χ3v) is 9.75. The Morgan fingerprint density at radius 1 is 1.23 bits per heavy atom. The van der Waals surface area contributed by atoms with Crippen molar-refractivity contribution in [2.24, 2.45) is 0 Å². The predicted molar refractivity (Wildman–Crippen MR) is 94.8 cm³/mol. The summed E-state index contributed by atoms with van der Waals surface area (Å²) in [5.74, 6) is 0. The standard InChI is InChI=1S/C18H36O3Si/c1-7-8-9-10-11-17(16-13-12-15(14-19)20-16)21-22(5,6)18(2,3)4/h14-17H,7-13H2,1-6H3/t15-,16+,17+/m0/s1. The lowest BCUT2D eigenvalue weighted by Crippen LogP contribution is -2.47. The van der Waals surface area contributed by atoms with Crippen LogP contribution in [-0.4, -0.2) is 32.9 Å². The van der Waals surface area contributed by atoms with Gasteiger partial charge >= 0.3 is 0 Å². The van der Waals surface area contributed by atoms with Crippen molar-refractivity contribution in [3.8, 4) is 0 Å². The van der Waals surface area contributed by atoms with Gasteiger partial charge in [-0.05, 0) is 37.4 Å². The molecule has 1 saturated heterocycles. The normalized spacial score (nSPS) is 24.5. The summed E-state index contributed by atoms with van der Waals surface area (Å²) in [5, 5.41) is 0.206. The van der Waals surface area contributed by atoms with Gasteiger partial charge in [-0.3, -0.25) is 0 Å². The Kier molecular flexibility index (Phi) is 7.76. The highest BCUT2D eigenvalue weighted by Gasteiger charge is 2.42. The summed E-state index contributed by atoms with van der Waals surface area (Å²) in [5.41, 5.74) is 0. The number of carbonyl (C=O) groups is 1. The van der Waals surface area contributed by atoms with Crippen LogP contribution in [0.15, 0.2) is 0 Å². The summed E-state index contributed by atoms with van der Waals surface area (Å²) >= 11 is 0. The Hall–Kier alpha value is -0.193. The minimum Gasteiger partial charge on any atom is -0.411 e. The van der Waals surface area contributed by atoms with Gasteiger partial charge in [-0.2, -0.15) is 0 Å². The zero-order valence-electron chi connectivity index (χ0n) is 15.5. The smallest absolute Gasteiger partial charge is 0.192 e. The molecule has 1 fully saturated rings. The molecule has 0 N–H and O–H groups in total. The van der Waals surface area contributed by atoms with Crippen molar-refractivity contribution in [2.75, 3.05) is 0 Å². The molecule has 3 atom stereocenters. The van der Waals surface area contributed by atoms with Gasteiger partial charge in [0, 0.05) is 0 Å². The number of hydrogen-bond donors (Lipinski definition) is 0. The SMILES string of the molecule is CCCCCC[C@@H](O[Si](C)(C)C(C)(C)C)[C@H]1CC[C@@H](C=O)O1. The van der Waals surface area contributed by atoms with E-state index in [4.69, 9.17) is 9.16 Å². The third-order valence-electron chi connectivity index (χ3n) is 5.25. The van der Waals surface area contributed by atoms with Crippen molar-refractivity contribution in [1.82, 2.24) is 0 Å². The maximum atomic E-state index is 11.0. The molecule has 0 amide bonds. The van der Waals surface area contributed by atoms with E-state index >= 15 is 0 Å². The van der Waals surface area contributed by atoms with Gasteiger partial charge in [0.2, 0.25) is 0 Å². The van der Waals surface area contributed by atoms with Crippen LogP contribution in [0.4, 0.5) is 0 Å². The highest BCUT2D eigenvalue weighted by molar-refractivity contribution is 6.74. The molecule has 130 valence electrons. The number of rotatable bonds is 9. The Labute approximate surface area is 138 Å². The molecule has 0 aromatic heterocycles. The molecule has 0 saturated carbocycles. The van der Waals surface area contributed by atoms with E-state index in [9.17, 15) is 4.79 Å². The van der Waals surface area contributed by atoms with E-state index in [2.05, 4.69) is 40.8 Å². The van der Waals surface area contributed by atoms with Crippen LogP contribution in [0.25, 0.3) is 0 Å². The maximum Gasteiger partial charge on any atom is 0.192 e. The molecule has 0 spiro atoms. The number of aldehydes is 1. The van der Waals surface area contributed by atoms with Crippen LogP contribution < -0.4 is 0 Å². The van der Waals surface area contributed by atoms with Crippen molar-refractivity contribution < 1.29 is 14.0 Å². The lowest BCUT2D eigenvalue weighted by atomic mass is 10.0. The first-order chi connectivity index (χ1) is 10.2. The van der Waals surface area contributed by atoms with E-state index in [1.807, 2.05) is 0 Å². The molecule has 4 heteroatoms. The fourth-order valence-corrected chi connectivity index (χ4v) is 4.09. The fourth-order valence-electron chi connectivity index (χ4n) is 2.71. The average molecular weight is 329 g/mol. The minimum atomic E-state index is -1.80. The lowest BCUT2D eigenvalue weighted by Gasteiger charge is -2.40. The molecular formula is C18H36O3Si. The van der Waals surface area contributed by atoms with Crippen LogP contribution in [0.5, 0.6) is 0 Å². The first-order valence-corrected chi connectivity index (χ1v) is 11.9. The first-order valence-electron chi connectivity index (χ1n) is 9.00. The second-order valence-corrected chi connectivity index (χ2v) is 12.9. The summed E-state index contributed by atoms with van der Waals surface area (Å²) in [6.07, 6.45) is 8.84. The van der Waals surface area contributed by atoms with Crippen molar-refractivity contribution in [1.29, 1.82) is 0 Å². The number of unbranched alkanes of at least 4 members (excludes halogenated alkanes) is 3. The molecule has 0 bridgehead atoms. The molecule has 1 aliphatic heterocycles. The Morgan fingerprint density at radius 2 is 1.91 bits per heavy atom. The molecule has 0 radical (unpaired) electrons. The monoisotopic (exact) mass is 328 g/mol. The Balaban J connectivity index is 2.67. The van der Waals surface area contributed by atoms with Gasteiger partial charge in [-0.15, -0.1) is 0 Å². The zero-order valence-corrected chi connectivity index (χ0v) is 16.5. The van der Waals surface area contributed by atoms with E-state index in [-0.39, 0.29) is 23.4 Å². The van der Waals surface area contributed by atoms with Gasteiger partial charge in [0.1, 0.15) is 12.4 Å². The van der Waals surface area contributed by atoms with Gasteiger partial charge < -0.3 is 14.0 Å². The van der Waals surface area contributed by atoms with E-state index in [1.165, 1.54) is 25.7 Å². The summed E-state index contributed by atoms with van der Waals surface area (Å²) in [7, 11) is -1.80.